The molecule has 1 fully saturated rings. The van der Waals surface area contributed by atoms with Crippen molar-refractivity contribution in [3.05, 3.63) is 48.2 Å². The Labute approximate surface area is 199 Å². The largest absolute Gasteiger partial charge is 0.495 e. The maximum absolute atomic E-state index is 14.5. The fraction of sp³-hybridized carbons (Fsp3) is 0.360. The number of hydrogen-bond acceptors (Lipinski definition) is 6. The van der Waals surface area contributed by atoms with E-state index in [1.807, 2.05) is 36.2 Å². The summed E-state index contributed by atoms with van der Waals surface area (Å²) >= 11 is 0. The molecule has 2 aromatic carbocycles. The highest BCUT2D eigenvalue weighted by Crippen LogP contribution is 2.28. The quantitative estimate of drug-likeness (QED) is 0.465. The van der Waals surface area contributed by atoms with Crippen molar-refractivity contribution < 1.29 is 17.5 Å². The number of methoxy groups -OCH3 is 1. The van der Waals surface area contributed by atoms with Gasteiger partial charge in [-0.2, -0.15) is 0 Å². The van der Waals surface area contributed by atoms with Gasteiger partial charge < -0.3 is 25.3 Å². The minimum absolute atomic E-state index is 0.197. The fourth-order valence-electron chi connectivity index (χ4n) is 4.09. The van der Waals surface area contributed by atoms with Crippen molar-refractivity contribution in [2.45, 2.75) is 23.5 Å². The molecule has 3 N–H and O–H groups in total. The van der Waals surface area contributed by atoms with E-state index in [4.69, 9.17) is 4.74 Å². The summed E-state index contributed by atoms with van der Waals surface area (Å²) in [6, 6.07) is 12.3. The Hall–Kier alpha value is -3.22. The van der Waals surface area contributed by atoms with Gasteiger partial charge in [0.05, 0.1) is 36.0 Å². The van der Waals surface area contributed by atoms with Crippen LogP contribution in [0.4, 0.5) is 15.8 Å². The van der Waals surface area contributed by atoms with Crippen molar-refractivity contribution in [3.8, 4) is 17.6 Å². The number of anilines is 2. The summed E-state index contributed by atoms with van der Waals surface area (Å²) in [6.07, 6.45) is 0.998. The minimum atomic E-state index is -3.31. The highest BCUT2D eigenvalue weighted by molar-refractivity contribution is 7.90. The van der Waals surface area contributed by atoms with Gasteiger partial charge in [0.2, 0.25) is 0 Å². The van der Waals surface area contributed by atoms with Crippen LogP contribution in [0.25, 0.3) is 10.9 Å². The Morgan fingerprint density at radius 3 is 2.79 bits per heavy atom. The van der Waals surface area contributed by atoms with Gasteiger partial charge in [0.25, 0.3) is 0 Å². The van der Waals surface area contributed by atoms with Gasteiger partial charge in [0.15, 0.2) is 9.84 Å². The van der Waals surface area contributed by atoms with E-state index in [1.54, 1.807) is 6.07 Å². The van der Waals surface area contributed by atoms with Crippen molar-refractivity contribution in [1.29, 1.82) is 0 Å². The summed E-state index contributed by atoms with van der Waals surface area (Å²) in [6.45, 7) is 1.65. The number of H-pyrrole nitrogens is 1. The molecule has 0 bridgehead atoms. The molecule has 1 unspecified atom stereocenters. The number of rotatable bonds is 6. The number of hydrogen-bond donors (Lipinski definition) is 3. The zero-order valence-electron chi connectivity index (χ0n) is 19.5. The minimum Gasteiger partial charge on any atom is -0.495 e. The maximum Gasteiger partial charge on any atom is 0.175 e. The molecule has 0 amide bonds. The van der Waals surface area contributed by atoms with Crippen LogP contribution < -0.4 is 15.4 Å². The number of piperidine rings is 1. The zero-order valence-corrected chi connectivity index (χ0v) is 20.3. The molecule has 3 aromatic rings. The van der Waals surface area contributed by atoms with Gasteiger partial charge in [-0.05, 0) is 49.7 Å². The average molecular weight is 485 g/mol. The standard InChI is InChI=1S/C25H29FN4O3S/c1-30-13-11-23(20(26)16-30)29-22-8-4-7-21-19(22)14-17(28-21)6-5-12-27-24-10-9-18(34(3,31)32)15-25(24)33-2/h4,7-10,14-15,20,23,27-29H,11-13,16H2,1-3H3/t20?,23-/m1/s1. The summed E-state index contributed by atoms with van der Waals surface area (Å²) < 4.78 is 43.3. The number of halogens is 1. The monoisotopic (exact) mass is 484 g/mol. The summed E-state index contributed by atoms with van der Waals surface area (Å²) in [5.74, 6) is 6.61. The van der Waals surface area contributed by atoms with Gasteiger partial charge in [-0.15, -0.1) is 0 Å². The molecule has 2 heterocycles. The number of nitrogens with one attached hydrogen (secondary N) is 3. The molecule has 0 radical (unpaired) electrons. The zero-order chi connectivity index (χ0) is 24.3. The summed E-state index contributed by atoms with van der Waals surface area (Å²) in [4.78, 5) is 5.51. The molecular formula is C25H29FN4O3S. The summed E-state index contributed by atoms with van der Waals surface area (Å²) in [5, 5.41) is 7.52. The van der Waals surface area contributed by atoms with Crippen LogP contribution in [-0.4, -0.2) is 70.6 Å². The number of benzene rings is 2. The van der Waals surface area contributed by atoms with Gasteiger partial charge >= 0.3 is 0 Å². The second kappa shape index (κ2) is 9.95. The number of sulfone groups is 1. The van der Waals surface area contributed by atoms with E-state index in [2.05, 4.69) is 27.5 Å². The number of likely N-dealkylation sites (tertiary alicyclic amines) is 1. The lowest BCUT2D eigenvalue weighted by Gasteiger charge is -2.33. The van der Waals surface area contributed by atoms with E-state index < -0.39 is 16.0 Å². The normalized spacial score (nSPS) is 18.8. The van der Waals surface area contributed by atoms with E-state index in [0.717, 1.165) is 41.5 Å². The number of aromatic amines is 1. The average Bonchev–Trinajstić information content (AvgIpc) is 3.22. The van der Waals surface area contributed by atoms with Crippen molar-refractivity contribution in [1.82, 2.24) is 9.88 Å². The predicted octanol–water partition coefficient (Wildman–Crippen LogP) is 3.50. The van der Waals surface area contributed by atoms with E-state index >= 15 is 0 Å². The van der Waals surface area contributed by atoms with Gasteiger partial charge in [-0.3, -0.25) is 0 Å². The number of nitrogens with zero attached hydrogens (tertiary/aromatic N) is 1. The first-order chi connectivity index (χ1) is 16.2. The Balaban J connectivity index is 1.45. The summed E-state index contributed by atoms with van der Waals surface area (Å²) in [5.41, 5.74) is 3.24. The second-order valence-electron chi connectivity index (χ2n) is 8.56. The van der Waals surface area contributed by atoms with Gasteiger partial charge in [0, 0.05) is 42.0 Å². The Morgan fingerprint density at radius 1 is 1.24 bits per heavy atom. The van der Waals surface area contributed by atoms with Gasteiger partial charge in [-0.25, -0.2) is 12.8 Å². The van der Waals surface area contributed by atoms with Crippen molar-refractivity contribution >= 4 is 32.1 Å². The molecule has 1 saturated heterocycles. The van der Waals surface area contributed by atoms with Crippen LogP contribution in [0, 0.1) is 11.8 Å². The van der Waals surface area contributed by atoms with Crippen molar-refractivity contribution in [2.75, 3.05) is 50.7 Å². The smallest absolute Gasteiger partial charge is 0.175 e. The topological polar surface area (TPSA) is 86.5 Å². The molecule has 180 valence electrons. The van der Waals surface area contributed by atoms with Crippen LogP contribution >= 0.6 is 0 Å². The molecule has 0 aliphatic carbocycles. The molecule has 7 nitrogen and oxygen atoms in total. The van der Waals surface area contributed by atoms with Crippen LogP contribution in [-0.2, 0) is 9.84 Å². The SMILES string of the molecule is COc1cc(S(C)(=O)=O)ccc1NCC#Cc1cc2c(N[C@@H]3CCN(C)CC3F)cccc2[nH]1. The number of ether oxygens (including phenoxy) is 1. The Bertz CT molecular complexity index is 1340. The molecule has 9 heteroatoms. The van der Waals surface area contributed by atoms with E-state index in [-0.39, 0.29) is 10.9 Å². The molecule has 0 spiro atoms. The predicted molar refractivity (Wildman–Crippen MR) is 134 cm³/mol. The molecule has 1 aliphatic rings. The summed E-state index contributed by atoms with van der Waals surface area (Å²) in [7, 11) is 0.119. The third kappa shape index (κ3) is 5.46. The number of fused-ring (bicyclic) bond motifs is 1. The lowest BCUT2D eigenvalue weighted by molar-refractivity contribution is 0.149. The molecule has 1 aliphatic heterocycles. The van der Waals surface area contributed by atoms with E-state index in [1.165, 1.54) is 19.2 Å². The lowest BCUT2D eigenvalue weighted by atomic mass is 10.0. The van der Waals surface area contributed by atoms with Crippen LogP contribution in [0.3, 0.4) is 0 Å². The van der Waals surface area contributed by atoms with Crippen LogP contribution in [0.15, 0.2) is 47.4 Å². The Kier molecular flexibility index (Phi) is 7.00. The number of alkyl halides is 1. The van der Waals surface area contributed by atoms with Crippen LogP contribution in [0.2, 0.25) is 0 Å². The second-order valence-corrected chi connectivity index (χ2v) is 10.6. The third-order valence-electron chi connectivity index (χ3n) is 5.94. The third-order valence-corrected chi connectivity index (χ3v) is 7.05. The van der Waals surface area contributed by atoms with Crippen LogP contribution in [0.5, 0.6) is 5.75 Å². The highest BCUT2D eigenvalue weighted by atomic mass is 32.2. The van der Waals surface area contributed by atoms with E-state index in [0.29, 0.717) is 24.5 Å². The molecule has 0 saturated carbocycles. The maximum atomic E-state index is 14.5. The molecule has 2 atom stereocenters. The van der Waals surface area contributed by atoms with Crippen molar-refractivity contribution in [3.63, 3.8) is 0 Å². The molecule has 34 heavy (non-hydrogen) atoms. The molecule has 1 aromatic heterocycles. The van der Waals surface area contributed by atoms with Gasteiger partial charge in [-0.1, -0.05) is 12.0 Å². The van der Waals surface area contributed by atoms with E-state index in [9.17, 15) is 12.8 Å². The number of aromatic nitrogens is 1. The lowest BCUT2D eigenvalue weighted by Crippen LogP contribution is -2.46. The molecular weight excluding hydrogens is 455 g/mol. The van der Waals surface area contributed by atoms with Crippen LogP contribution in [0.1, 0.15) is 12.1 Å². The molecule has 4 rings (SSSR count). The highest BCUT2D eigenvalue weighted by Gasteiger charge is 2.27. The Morgan fingerprint density at radius 2 is 2.06 bits per heavy atom. The van der Waals surface area contributed by atoms with Crippen molar-refractivity contribution in [2.24, 2.45) is 0 Å². The first-order valence-corrected chi connectivity index (χ1v) is 13.0. The first-order valence-electron chi connectivity index (χ1n) is 11.1. The van der Waals surface area contributed by atoms with Gasteiger partial charge in [0.1, 0.15) is 11.9 Å². The fourth-order valence-corrected chi connectivity index (χ4v) is 4.73. The first kappa shape index (κ1) is 23.9.